The summed E-state index contributed by atoms with van der Waals surface area (Å²) >= 11 is 0. The number of rotatable bonds is 0. The third-order valence-corrected chi connectivity index (χ3v) is 2.68. The van der Waals surface area contributed by atoms with E-state index in [1.54, 1.807) is 18.2 Å². The van der Waals surface area contributed by atoms with Gasteiger partial charge in [0.05, 0.1) is 0 Å². The third kappa shape index (κ3) is 3.15. The molecule has 0 aromatic rings. The average molecular weight is 208 g/mol. The molecule has 0 bridgehead atoms. The zero-order valence-corrected chi connectivity index (χ0v) is 9.78. The highest BCUT2D eigenvalue weighted by Gasteiger charge is 2.19. The topological polar surface area (TPSA) is 40.5 Å². The molecule has 0 aliphatic heterocycles. The molecule has 0 unspecified atom stereocenters. The zero-order valence-electron chi connectivity index (χ0n) is 8.78. The highest BCUT2D eigenvalue weighted by Crippen LogP contribution is 2.13. The molecule has 0 heterocycles. The summed E-state index contributed by atoms with van der Waals surface area (Å²) < 4.78 is 0. The molecule has 2 N–H and O–H groups in total. The molecule has 14 heavy (non-hydrogen) atoms. The number of allylic oxidation sites excluding steroid dienone is 2. The molecule has 1 aliphatic carbocycles. The zero-order chi connectivity index (χ0) is 10.8. The number of hydrogen-bond donors (Lipinski definition) is 2. The fraction of sp³-hybridized carbons (Fsp3) is 0.455. The first-order valence-corrected chi connectivity index (χ1v) is 8.18. The van der Waals surface area contributed by atoms with Crippen LogP contribution in [0, 0.1) is 11.5 Å². The van der Waals surface area contributed by atoms with Gasteiger partial charge in [0, 0.05) is 5.57 Å². The van der Waals surface area contributed by atoms with Gasteiger partial charge in [-0.3, -0.25) is 0 Å². The fourth-order valence-corrected chi connectivity index (χ4v) is 1.56. The summed E-state index contributed by atoms with van der Waals surface area (Å²) in [4.78, 5) is 0. The molecular weight excluding hydrogens is 192 g/mol. The number of aliphatic hydroxyl groups excluding tert-OH is 2. The molecule has 76 valence electrons. The summed E-state index contributed by atoms with van der Waals surface area (Å²) in [7, 11) is -1.41. The molecule has 0 radical (unpaired) electrons. The van der Waals surface area contributed by atoms with Crippen molar-refractivity contribution in [3.63, 3.8) is 0 Å². The molecule has 2 atom stereocenters. The van der Waals surface area contributed by atoms with Gasteiger partial charge in [-0.1, -0.05) is 37.7 Å². The van der Waals surface area contributed by atoms with Gasteiger partial charge in [-0.2, -0.15) is 0 Å². The summed E-state index contributed by atoms with van der Waals surface area (Å²) in [6.07, 6.45) is 3.37. The van der Waals surface area contributed by atoms with Gasteiger partial charge in [-0.25, -0.2) is 0 Å². The Balaban J connectivity index is 2.83. The van der Waals surface area contributed by atoms with E-state index in [1.165, 1.54) is 0 Å². The van der Waals surface area contributed by atoms with Crippen LogP contribution < -0.4 is 0 Å². The van der Waals surface area contributed by atoms with Crippen molar-refractivity contribution in [2.45, 2.75) is 31.8 Å². The molecule has 0 aromatic carbocycles. The Bertz CT molecular complexity index is 325. The lowest BCUT2D eigenvalue weighted by molar-refractivity contribution is 0.0745. The van der Waals surface area contributed by atoms with Gasteiger partial charge in [0.15, 0.2) is 0 Å². The minimum Gasteiger partial charge on any atom is -0.386 e. The van der Waals surface area contributed by atoms with Crippen LogP contribution in [0.4, 0.5) is 0 Å². The van der Waals surface area contributed by atoms with Gasteiger partial charge in [-0.15, -0.1) is 5.54 Å². The maximum Gasteiger partial charge on any atom is 0.129 e. The van der Waals surface area contributed by atoms with E-state index in [-0.39, 0.29) is 0 Å². The molecule has 2 nitrogen and oxygen atoms in total. The van der Waals surface area contributed by atoms with Gasteiger partial charge in [0.1, 0.15) is 20.3 Å². The van der Waals surface area contributed by atoms with Crippen molar-refractivity contribution in [3.8, 4) is 11.5 Å². The SMILES string of the molecule is C[Si](C)(C)C#CC1=CC=C[C@H](O)[C@@H]1O. The first-order chi connectivity index (χ1) is 6.40. The van der Waals surface area contributed by atoms with E-state index in [9.17, 15) is 10.2 Å². The largest absolute Gasteiger partial charge is 0.386 e. The van der Waals surface area contributed by atoms with Crippen molar-refractivity contribution in [3.05, 3.63) is 23.8 Å². The first-order valence-electron chi connectivity index (χ1n) is 4.68. The van der Waals surface area contributed by atoms with Crippen LogP contribution in [0.2, 0.25) is 19.6 Å². The lowest BCUT2D eigenvalue weighted by Gasteiger charge is -2.17. The van der Waals surface area contributed by atoms with Crippen molar-refractivity contribution >= 4 is 8.07 Å². The second-order valence-corrected chi connectivity index (χ2v) is 9.19. The molecule has 0 spiro atoms. The van der Waals surface area contributed by atoms with E-state index >= 15 is 0 Å². The van der Waals surface area contributed by atoms with Gasteiger partial charge in [0.25, 0.3) is 0 Å². The molecule has 3 heteroatoms. The van der Waals surface area contributed by atoms with E-state index in [0.29, 0.717) is 5.57 Å². The Morgan fingerprint density at radius 1 is 1.29 bits per heavy atom. The van der Waals surface area contributed by atoms with Gasteiger partial charge in [-0.05, 0) is 6.08 Å². The standard InChI is InChI=1S/C11H16O2Si/c1-14(2,3)8-7-9-5-4-6-10(12)11(9)13/h4-6,10-13H,1-3H3/t10-,11+/m0/s1. The molecule has 0 aromatic heterocycles. The van der Waals surface area contributed by atoms with Crippen LogP contribution in [0.3, 0.4) is 0 Å². The second-order valence-electron chi connectivity index (χ2n) is 4.44. The van der Waals surface area contributed by atoms with Crippen LogP contribution in [0.5, 0.6) is 0 Å². The average Bonchev–Trinajstić information content (AvgIpc) is 2.06. The van der Waals surface area contributed by atoms with Crippen molar-refractivity contribution in [1.29, 1.82) is 0 Å². The van der Waals surface area contributed by atoms with Crippen LogP contribution in [-0.2, 0) is 0 Å². The van der Waals surface area contributed by atoms with Crippen LogP contribution in [-0.4, -0.2) is 30.5 Å². The molecule has 0 amide bonds. The summed E-state index contributed by atoms with van der Waals surface area (Å²) in [6.45, 7) is 6.42. The van der Waals surface area contributed by atoms with Crippen LogP contribution in [0.25, 0.3) is 0 Å². The third-order valence-electron chi connectivity index (χ3n) is 1.81. The van der Waals surface area contributed by atoms with E-state index < -0.39 is 20.3 Å². The molecule has 1 aliphatic rings. The van der Waals surface area contributed by atoms with Crippen LogP contribution in [0.1, 0.15) is 0 Å². The van der Waals surface area contributed by atoms with Crippen molar-refractivity contribution in [2.75, 3.05) is 0 Å². The highest BCUT2D eigenvalue weighted by atomic mass is 28.3. The monoisotopic (exact) mass is 208 g/mol. The smallest absolute Gasteiger partial charge is 0.129 e. The van der Waals surface area contributed by atoms with Gasteiger partial charge >= 0.3 is 0 Å². The Labute approximate surface area is 86.0 Å². The van der Waals surface area contributed by atoms with E-state index in [1.807, 2.05) is 0 Å². The number of aliphatic hydroxyl groups is 2. The molecule has 1 rings (SSSR count). The van der Waals surface area contributed by atoms with Crippen LogP contribution in [0.15, 0.2) is 23.8 Å². The Hall–Kier alpha value is -0.823. The summed E-state index contributed by atoms with van der Waals surface area (Å²) in [6, 6.07) is 0. The van der Waals surface area contributed by atoms with Crippen molar-refractivity contribution in [1.82, 2.24) is 0 Å². The minimum absolute atomic E-state index is 0.613. The van der Waals surface area contributed by atoms with E-state index in [4.69, 9.17) is 0 Å². The molecule has 0 fully saturated rings. The molecule has 0 saturated heterocycles. The van der Waals surface area contributed by atoms with Crippen molar-refractivity contribution < 1.29 is 10.2 Å². The lowest BCUT2D eigenvalue weighted by Crippen LogP contribution is -2.27. The Morgan fingerprint density at radius 3 is 2.50 bits per heavy atom. The van der Waals surface area contributed by atoms with Crippen molar-refractivity contribution in [2.24, 2.45) is 0 Å². The predicted octanol–water partition coefficient (Wildman–Crippen LogP) is 1.09. The normalized spacial score (nSPS) is 26.5. The van der Waals surface area contributed by atoms with Crippen LogP contribution >= 0.6 is 0 Å². The van der Waals surface area contributed by atoms with Gasteiger partial charge in [0.2, 0.25) is 0 Å². The predicted molar refractivity (Wildman–Crippen MR) is 60.4 cm³/mol. The quantitative estimate of drug-likeness (QED) is 0.462. The molecule has 0 saturated carbocycles. The lowest BCUT2D eigenvalue weighted by atomic mass is 10.0. The fourth-order valence-electron chi connectivity index (χ4n) is 1.04. The Kier molecular flexibility index (Phi) is 3.32. The van der Waals surface area contributed by atoms with E-state index in [2.05, 4.69) is 31.1 Å². The summed E-state index contributed by atoms with van der Waals surface area (Å²) in [5, 5.41) is 18.9. The summed E-state index contributed by atoms with van der Waals surface area (Å²) in [5.41, 5.74) is 3.77. The Morgan fingerprint density at radius 2 is 1.93 bits per heavy atom. The molecular formula is C11H16O2Si. The maximum atomic E-state index is 9.58. The van der Waals surface area contributed by atoms with Gasteiger partial charge < -0.3 is 10.2 Å². The minimum atomic E-state index is -1.41. The summed E-state index contributed by atoms with van der Waals surface area (Å²) in [5.74, 6) is 2.95. The maximum absolute atomic E-state index is 9.58. The first kappa shape index (κ1) is 11.3. The number of hydrogen-bond acceptors (Lipinski definition) is 2. The van der Waals surface area contributed by atoms with E-state index in [0.717, 1.165) is 0 Å². The highest BCUT2D eigenvalue weighted by molar-refractivity contribution is 6.83. The second kappa shape index (κ2) is 4.14.